The van der Waals surface area contributed by atoms with Crippen molar-refractivity contribution in [2.45, 2.75) is 4.90 Å². The molecule has 0 radical (unpaired) electrons. The van der Waals surface area contributed by atoms with Crippen molar-refractivity contribution in [3.63, 3.8) is 0 Å². The molecule has 4 nitrogen and oxygen atoms in total. The second-order valence-corrected chi connectivity index (χ2v) is 8.23. The van der Waals surface area contributed by atoms with Gasteiger partial charge in [-0.2, -0.15) is 0 Å². The fourth-order valence-electron chi connectivity index (χ4n) is 1.74. The first kappa shape index (κ1) is 18.4. The lowest BCUT2D eigenvalue weighted by Crippen LogP contribution is -2.13. The minimum atomic E-state index is -3.56. The Hall–Kier alpha value is -0.980. The number of sulfone groups is 1. The van der Waals surface area contributed by atoms with Crippen LogP contribution < -0.4 is 5.32 Å². The van der Waals surface area contributed by atoms with Crippen molar-refractivity contribution in [2.24, 2.45) is 0 Å². The van der Waals surface area contributed by atoms with Crippen LogP contribution in [0.5, 0.6) is 0 Å². The summed E-state index contributed by atoms with van der Waals surface area (Å²) in [6, 6.07) is 6.72. The molecule has 2 rings (SSSR count). The van der Waals surface area contributed by atoms with E-state index in [0.29, 0.717) is 0 Å². The fourth-order valence-corrected chi connectivity index (χ4v) is 3.64. The van der Waals surface area contributed by atoms with Gasteiger partial charge in [-0.15, -0.1) is 0 Å². The summed E-state index contributed by atoms with van der Waals surface area (Å²) in [5.74, 6) is -0.563. The van der Waals surface area contributed by atoms with Crippen molar-refractivity contribution >= 4 is 67.8 Å². The summed E-state index contributed by atoms with van der Waals surface area (Å²) in [5.41, 5.74) is 0.360. The molecule has 0 saturated heterocycles. The van der Waals surface area contributed by atoms with Gasteiger partial charge in [-0.05, 0) is 30.3 Å². The van der Waals surface area contributed by atoms with Gasteiger partial charge in [-0.1, -0.05) is 46.4 Å². The lowest BCUT2D eigenvalue weighted by Gasteiger charge is -2.10. The number of anilines is 1. The molecule has 1 N–H and O–H groups in total. The lowest BCUT2D eigenvalue weighted by atomic mass is 10.2. The molecule has 0 saturated carbocycles. The number of carbonyl (C=O) groups excluding carboxylic acids is 1. The normalized spacial score (nSPS) is 11.3. The predicted octanol–water partition coefficient (Wildman–Crippen LogP) is 4.96. The van der Waals surface area contributed by atoms with Crippen LogP contribution in [0, 0.1) is 0 Å². The van der Waals surface area contributed by atoms with E-state index in [-0.39, 0.29) is 36.2 Å². The van der Waals surface area contributed by atoms with Gasteiger partial charge in [0.1, 0.15) is 0 Å². The quantitative estimate of drug-likeness (QED) is 0.724. The zero-order chi connectivity index (χ0) is 17.4. The third-order valence-electron chi connectivity index (χ3n) is 2.85. The van der Waals surface area contributed by atoms with E-state index in [4.69, 9.17) is 46.4 Å². The van der Waals surface area contributed by atoms with E-state index in [1.807, 2.05) is 0 Å². The van der Waals surface area contributed by atoms with Gasteiger partial charge in [0.2, 0.25) is 0 Å². The van der Waals surface area contributed by atoms with Gasteiger partial charge in [-0.3, -0.25) is 4.79 Å². The zero-order valence-electron chi connectivity index (χ0n) is 11.5. The van der Waals surface area contributed by atoms with Gasteiger partial charge in [0.15, 0.2) is 9.84 Å². The maximum atomic E-state index is 12.3. The number of hydrogen-bond acceptors (Lipinski definition) is 3. The summed E-state index contributed by atoms with van der Waals surface area (Å²) in [6.07, 6.45) is 1.01. The Labute approximate surface area is 153 Å². The molecule has 0 atom stereocenters. The summed E-state index contributed by atoms with van der Waals surface area (Å²) in [6.45, 7) is 0. The summed E-state index contributed by atoms with van der Waals surface area (Å²) < 4.78 is 23.3. The number of amides is 1. The van der Waals surface area contributed by atoms with Crippen LogP contribution in [-0.2, 0) is 9.84 Å². The van der Waals surface area contributed by atoms with Gasteiger partial charge in [0.25, 0.3) is 5.91 Å². The summed E-state index contributed by atoms with van der Waals surface area (Å²) in [7, 11) is -3.56. The molecule has 0 bridgehead atoms. The van der Waals surface area contributed by atoms with Crippen LogP contribution in [0.2, 0.25) is 20.1 Å². The zero-order valence-corrected chi connectivity index (χ0v) is 15.4. The molecule has 1 amide bonds. The van der Waals surface area contributed by atoms with E-state index in [2.05, 4.69) is 5.32 Å². The molecule has 0 aliphatic rings. The van der Waals surface area contributed by atoms with Crippen molar-refractivity contribution < 1.29 is 13.2 Å². The highest BCUT2D eigenvalue weighted by Gasteiger charge is 2.17. The minimum Gasteiger partial charge on any atom is -0.321 e. The molecule has 2 aromatic rings. The monoisotopic (exact) mass is 411 g/mol. The average molecular weight is 413 g/mol. The minimum absolute atomic E-state index is 0.0385. The third-order valence-corrected chi connectivity index (χ3v) is 5.46. The van der Waals surface area contributed by atoms with Gasteiger partial charge in [0, 0.05) is 11.8 Å². The molecule has 122 valence electrons. The summed E-state index contributed by atoms with van der Waals surface area (Å²) in [5, 5.41) is 3.25. The highest BCUT2D eigenvalue weighted by molar-refractivity contribution is 7.90. The van der Waals surface area contributed by atoms with Crippen LogP contribution in [-0.4, -0.2) is 20.6 Å². The Morgan fingerprint density at radius 3 is 2.13 bits per heavy atom. The highest BCUT2D eigenvalue weighted by atomic mass is 35.5. The predicted molar refractivity (Wildman–Crippen MR) is 94.0 cm³/mol. The highest BCUT2D eigenvalue weighted by Crippen LogP contribution is 2.32. The Morgan fingerprint density at radius 1 is 0.913 bits per heavy atom. The average Bonchev–Trinajstić information content (AvgIpc) is 2.43. The summed E-state index contributed by atoms with van der Waals surface area (Å²) >= 11 is 23.5. The second kappa shape index (κ2) is 6.87. The molecule has 0 spiro atoms. The van der Waals surface area contributed by atoms with E-state index in [1.165, 1.54) is 30.3 Å². The van der Waals surface area contributed by atoms with Crippen LogP contribution in [0.4, 0.5) is 5.69 Å². The molecule has 0 unspecified atom stereocenters. The molecular weight excluding hydrogens is 404 g/mol. The number of rotatable bonds is 3. The first-order chi connectivity index (χ1) is 10.6. The van der Waals surface area contributed by atoms with E-state index in [1.54, 1.807) is 0 Å². The third kappa shape index (κ3) is 4.31. The Balaban J connectivity index is 2.37. The van der Waals surface area contributed by atoms with Gasteiger partial charge < -0.3 is 5.32 Å². The van der Waals surface area contributed by atoms with Gasteiger partial charge in [-0.25, -0.2) is 8.42 Å². The van der Waals surface area contributed by atoms with E-state index >= 15 is 0 Å². The maximum Gasteiger partial charge on any atom is 0.255 e. The second-order valence-electron chi connectivity index (χ2n) is 4.62. The van der Waals surface area contributed by atoms with Crippen LogP contribution in [0.15, 0.2) is 35.2 Å². The molecule has 0 aromatic heterocycles. The number of nitrogens with one attached hydrogen (secondary N) is 1. The Bertz CT molecular complexity index is 897. The van der Waals surface area contributed by atoms with Crippen molar-refractivity contribution in [1.82, 2.24) is 0 Å². The Kier molecular flexibility index (Phi) is 5.48. The Morgan fingerprint density at radius 2 is 1.52 bits per heavy atom. The van der Waals surface area contributed by atoms with Crippen molar-refractivity contribution in [3.05, 3.63) is 56.0 Å². The van der Waals surface area contributed by atoms with Crippen LogP contribution in [0.3, 0.4) is 0 Å². The fraction of sp³-hybridized carbons (Fsp3) is 0.0714. The van der Waals surface area contributed by atoms with Crippen molar-refractivity contribution in [3.8, 4) is 0 Å². The molecule has 23 heavy (non-hydrogen) atoms. The van der Waals surface area contributed by atoms with Gasteiger partial charge >= 0.3 is 0 Å². The topological polar surface area (TPSA) is 63.2 Å². The molecule has 2 aromatic carbocycles. The van der Waals surface area contributed by atoms with Crippen LogP contribution in [0.1, 0.15) is 10.4 Å². The number of halogens is 4. The molecular formula is C14H9Cl4NO3S. The largest absolute Gasteiger partial charge is 0.321 e. The first-order valence-corrected chi connectivity index (χ1v) is 9.45. The summed E-state index contributed by atoms with van der Waals surface area (Å²) in [4.78, 5) is 12.1. The van der Waals surface area contributed by atoms with Crippen LogP contribution >= 0.6 is 46.4 Å². The van der Waals surface area contributed by atoms with Crippen molar-refractivity contribution in [1.29, 1.82) is 0 Å². The molecule has 9 heteroatoms. The molecule has 0 fully saturated rings. The smallest absolute Gasteiger partial charge is 0.255 e. The number of hydrogen-bond donors (Lipinski definition) is 1. The molecule has 0 heterocycles. The van der Waals surface area contributed by atoms with E-state index in [0.717, 1.165) is 6.26 Å². The van der Waals surface area contributed by atoms with E-state index in [9.17, 15) is 13.2 Å². The molecule has 0 aliphatic carbocycles. The van der Waals surface area contributed by atoms with Gasteiger partial charge in [0.05, 0.1) is 30.7 Å². The standard InChI is InChI=1S/C14H9Cl4NO3S/c1-23(21,22)13-4-7(2-3-8(13)15)14(20)19-12-6-10(17)9(16)5-11(12)18/h2-6H,1H3,(H,19,20). The van der Waals surface area contributed by atoms with Crippen molar-refractivity contribution in [2.75, 3.05) is 11.6 Å². The van der Waals surface area contributed by atoms with Crippen LogP contribution in [0.25, 0.3) is 0 Å². The van der Waals surface area contributed by atoms with E-state index < -0.39 is 15.7 Å². The SMILES string of the molecule is CS(=O)(=O)c1cc(C(=O)Nc2cc(Cl)c(Cl)cc2Cl)ccc1Cl. The maximum absolute atomic E-state index is 12.3. The lowest BCUT2D eigenvalue weighted by molar-refractivity contribution is 0.102. The number of carbonyl (C=O) groups is 1. The first-order valence-electron chi connectivity index (χ1n) is 6.05. The molecule has 0 aliphatic heterocycles. The number of benzene rings is 2.